The highest BCUT2D eigenvalue weighted by Gasteiger charge is 2.11. The normalized spacial score (nSPS) is 12.4. The first-order valence-electron chi connectivity index (χ1n) is 5.48. The zero-order chi connectivity index (χ0) is 13.2. The molecule has 0 aliphatic heterocycles. The maximum atomic E-state index is 11.5. The minimum Gasteiger partial charge on any atom is -0.443 e. The van der Waals surface area contributed by atoms with Gasteiger partial charge in [-0.2, -0.15) is 12.7 Å². The third-order valence-corrected chi connectivity index (χ3v) is 4.10. The quantitative estimate of drug-likeness (QED) is 0.869. The Kier molecular flexibility index (Phi) is 3.65. The number of nitrogens with one attached hydrogen (secondary N) is 1. The van der Waals surface area contributed by atoms with Crippen LogP contribution in [0.1, 0.15) is 5.56 Å². The Morgan fingerprint density at radius 2 is 2.17 bits per heavy atom. The SMILES string of the molecule is CN(C)S(=O)(=O)NCCc1ccc2ncoc2c1. The van der Waals surface area contributed by atoms with Gasteiger partial charge in [-0.3, -0.25) is 0 Å². The van der Waals surface area contributed by atoms with Gasteiger partial charge in [-0.15, -0.1) is 0 Å². The molecule has 0 fully saturated rings. The van der Waals surface area contributed by atoms with Crippen LogP contribution >= 0.6 is 0 Å². The van der Waals surface area contributed by atoms with Gasteiger partial charge in [0.15, 0.2) is 12.0 Å². The molecule has 2 aromatic rings. The fourth-order valence-electron chi connectivity index (χ4n) is 1.51. The molecule has 18 heavy (non-hydrogen) atoms. The first-order valence-corrected chi connectivity index (χ1v) is 6.92. The highest BCUT2D eigenvalue weighted by molar-refractivity contribution is 7.87. The number of hydrogen-bond acceptors (Lipinski definition) is 4. The van der Waals surface area contributed by atoms with Crippen LogP contribution in [0, 0.1) is 0 Å². The van der Waals surface area contributed by atoms with Gasteiger partial charge in [0, 0.05) is 20.6 Å². The van der Waals surface area contributed by atoms with Gasteiger partial charge in [0.25, 0.3) is 10.2 Å². The van der Waals surface area contributed by atoms with Crippen LogP contribution < -0.4 is 4.72 Å². The van der Waals surface area contributed by atoms with Crippen LogP contribution in [0.4, 0.5) is 0 Å². The van der Waals surface area contributed by atoms with E-state index in [2.05, 4.69) is 9.71 Å². The molecular weight excluding hydrogens is 254 g/mol. The van der Waals surface area contributed by atoms with Crippen LogP contribution in [0.2, 0.25) is 0 Å². The van der Waals surface area contributed by atoms with E-state index in [9.17, 15) is 8.42 Å². The first kappa shape index (κ1) is 13.0. The molecule has 0 saturated heterocycles. The van der Waals surface area contributed by atoms with Crippen molar-refractivity contribution in [1.82, 2.24) is 14.0 Å². The number of benzene rings is 1. The van der Waals surface area contributed by atoms with Gasteiger partial charge in [-0.25, -0.2) is 9.71 Å². The first-order chi connectivity index (χ1) is 8.49. The largest absolute Gasteiger partial charge is 0.443 e. The highest BCUT2D eigenvalue weighted by Crippen LogP contribution is 2.14. The van der Waals surface area contributed by atoms with Crippen LogP contribution in [0.15, 0.2) is 29.0 Å². The van der Waals surface area contributed by atoms with Crippen molar-refractivity contribution < 1.29 is 12.8 Å². The smallest absolute Gasteiger partial charge is 0.278 e. The van der Waals surface area contributed by atoms with E-state index >= 15 is 0 Å². The van der Waals surface area contributed by atoms with E-state index < -0.39 is 10.2 Å². The standard InChI is InChI=1S/C11H15N3O3S/c1-14(2)18(15,16)13-6-5-9-3-4-10-11(7-9)17-8-12-10/h3-4,7-8,13H,5-6H2,1-2H3. The molecule has 0 aliphatic carbocycles. The fourth-order valence-corrected chi connectivity index (χ4v) is 2.13. The summed E-state index contributed by atoms with van der Waals surface area (Å²) in [7, 11) is -0.374. The molecule has 0 saturated carbocycles. The van der Waals surface area contributed by atoms with Crippen molar-refractivity contribution in [2.45, 2.75) is 6.42 Å². The molecular formula is C11H15N3O3S. The van der Waals surface area contributed by atoms with E-state index in [0.29, 0.717) is 18.5 Å². The molecule has 1 aromatic carbocycles. The molecule has 1 heterocycles. The fraction of sp³-hybridized carbons (Fsp3) is 0.364. The number of aromatic nitrogens is 1. The van der Waals surface area contributed by atoms with Crippen molar-refractivity contribution in [3.63, 3.8) is 0 Å². The monoisotopic (exact) mass is 269 g/mol. The highest BCUT2D eigenvalue weighted by atomic mass is 32.2. The Labute approximate surface area is 106 Å². The van der Waals surface area contributed by atoms with Crippen LogP contribution in [-0.2, 0) is 16.6 Å². The van der Waals surface area contributed by atoms with Crippen LogP contribution in [0.25, 0.3) is 11.1 Å². The van der Waals surface area contributed by atoms with Crippen LogP contribution in [0.5, 0.6) is 0 Å². The van der Waals surface area contributed by atoms with E-state index in [1.807, 2.05) is 18.2 Å². The van der Waals surface area contributed by atoms with Gasteiger partial charge in [0.1, 0.15) is 5.52 Å². The van der Waals surface area contributed by atoms with Crippen LogP contribution in [0.3, 0.4) is 0 Å². The van der Waals surface area contributed by atoms with E-state index in [0.717, 1.165) is 15.4 Å². The van der Waals surface area contributed by atoms with Gasteiger partial charge in [-0.05, 0) is 24.1 Å². The molecule has 0 atom stereocenters. The van der Waals surface area contributed by atoms with E-state index in [-0.39, 0.29) is 0 Å². The molecule has 0 aliphatic rings. The molecule has 0 radical (unpaired) electrons. The second-order valence-electron chi connectivity index (χ2n) is 4.09. The summed E-state index contributed by atoms with van der Waals surface area (Å²) >= 11 is 0. The average Bonchev–Trinajstić information content (AvgIpc) is 2.75. The number of hydrogen-bond donors (Lipinski definition) is 1. The Morgan fingerprint density at radius 1 is 1.39 bits per heavy atom. The maximum absolute atomic E-state index is 11.5. The number of fused-ring (bicyclic) bond motifs is 1. The number of rotatable bonds is 5. The third kappa shape index (κ3) is 2.87. The Hall–Kier alpha value is -1.44. The van der Waals surface area contributed by atoms with E-state index in [4.69, 9.17) is 4.42 Å². The average molecular weight is 269 g/mol. The summed E-state index contributed by atoms with van der Waals surface area (Å²) in [5, 5.41) is 0. The molecule has 0 amide bonds. The molecule has 98 valence electrons. The van der Waals surface area contributed by atoms with Crippen molar-refractivity contribution in [3.05, 3.63) is 30.2 Å². The zero-order valence-corrected chi connectivity index (χ0v) is 11.1. The van der Waals surface area contributed by atoms with Crippen molar-refractivity contribution >= 4 is 21.3 Å². The Bertz CT molecular complexity index is 634. The summed E-state index contributed by atoms with van der Waals surface area (Å²) in [4.78, 5) is 4.02. The molecule has 0 spiro atoms. The molecule has 1 aromatic heterocycles. The summed E-state index contributed by atoms with van der Waals surface area (Å²) < 4.78 is 31.8. The Morgan fingerprint density at radius 3 is 2.89 bits per heavy atom. The topological polar surface area (TPSA) is 75.4 Å². The van der Waals surface area contributed by atoms with E-state index in [1.54, 1.807) is 0 Å². The molecule has 6 nitrogen and oxygen atoms in total. The minimum absolute atomic E-state index is 0.347. The van der Waals surface area contributed by atoms with E-state index in [1.165, 1.54) is 20.5 Å². The van der Waals surface area contributed by atoms with Crippen molar-refractivity contribution in [2.24, 2.45) is 0 Å². The number of nitrogens with zero attached hydrogens (tertiary/aromatic N) is 2. The molecule has 0 unspecified atom stereocenters. The summed E-state index contributed by atoms with van der Waals surface area (Å²) in [6.45, 7) is 0.347. The molecule has 0 bridgehead atoms. The van der Waals surface area contributed by atoms with Crippen molar-refractivity contribution in [3.8, 4) is 0 Å². The van der Waals surface area contributed by atoms with Gasteiger partial charge >= 0.3 is 0 Å². The maximum Gasteiger partial charge on any atom is 0.278 e. The summed E-state index contributed by atoms with van der Waals surface area (Å²) in [6, 6.07) is 5.63. The lowest BCUT2D eigenvalue weighted by atomic mass is 10.1. The zero-order valence-electron chi connectivity index (χ0n) is 10.3. The second-order valence-corrected chi connectivity index (χ2v) is 6.06. The second kappa shape index (κ2) is 5.05. The lowest BCUT2D eigenvalue weighted by molar-refractivity contribution is 0.506. The molecule has 7 heteroatoms. The summed E-state index contributed by atoms with van der Waals surface area (Å²) in [6.07, 6.45) is 1.99. The predicted octanol–water partition coefficient (Wildman–Crippen LogP) is 0.766. The van der Waals surface area contributed by atoms with Gasteiger partial charge < -0.3 is 4.42 Å². The lowest BCUT2D eigenvalue weighted by Gasteiger charge is -2.12. The number of oxazole rings is 1. The summed E-state index contributed by atoms with van der Waals surface area (Å²) in [5.41, 5.74) is 2.51. The minimum atomic E-state index is -3.35. The van der Waals surface area contributed by atoms with Crippen molar-refractivity contribution in [2.75, 3.05) is 20.6 Å². The Balaban J connectivity index is 1.98. The third-order valence-electron chi connectivity index (χ3n) is 2.57. The van der Waals surface area contributed by atoms with Crippen LogP contribution in [-0.4, -0.2) is 38.3 Å². The lowest BCUT2D eigenvalue weighted by Crippen LogP contribution is -2.36. The summed E-state index contributed by atoms with van der Waals surface area (Å²) in [5.74, 6) is 0. The molecule has 1 N–H and O–H groups in total. The van der Waals surface area contributed by atoms with Gasteiger partial charge in [0.05, 0.1) is 0 Å². The molecule has 2 rings (SSSR count). The van der Waals surface area contributed by atoms with Gasteiger partial charge in [-0.1, -0.05) is 6.07 Å². The predicted molar refractivity (Wildman–Crippen MR) is 68.3 cm³/mol. The van der Waals surface area contributed by atoms with Crippen molar-refractivity contribution in [1.29, 1.82) is 0 Å². The van der Waals surface area contributed by atoms with Gasteiger partial charge in [0.2, 0.25) is 0 Å².